The first-order valence-corrected chi connectivity index (χ1v) is 5.31. The summed E-state index contributed by atoms with van der Waals surface area (Å²) in [6.45, 7) is 1.99. The van der Waals surface area contributed by atoms with Crippen LogP contribution in [0.15, 0.2) is 36.4 Å². The minimum Gasteiger partial charge on any atom is -0.345 e. The van der Waals surface area contributed by atoms with Crippen LogP contribution in [0.3, 0.4) is 0 Å². The number of benzene rings is 1. The Morgan fingerprint density at radius 3 is 2.53 bits per heavy atom. The van der Waals surface area contributed by atoms with Crippen molar-refractivity contribution in [2.45, 2.75) is 13.0 Å². The molecule has 0 aromatic heterocycles. The van der Waals surface area contributed by atoms with E-state index in [2.05, 4.69) is 5.32 Å². The number of hydrogen-bond donors (Lipinski definition) is 1. The van der Waals surface area contributed by atoms with Crippen molar-refractivity contribution in [2.75, 3.05) is 0 Å². The van der Waals surface area contributed by atoms with E-state index < -0.39 is 4.92 Å². The van der Waals surface area contributed by atoms with Crippen molar-refractivity contribution in [1.29, 1.82) is 0 Å². The summed E-state index contributed by atoms with van der Waals surface area (Å²) in [6.07, 6.45) is 3.34. The van der Waals surface area contributed by atoms with Crippen LogP contribution in [0.1, 0.15) is 18.5 Å². The van der Waals surface area contributed by atoms with Gasteiger partial charge >= 0.3 is 0 Å². The van der Waals surface area contributed by atoms with Crippen molar-refractivity contribution in [3.05, 3.63) is 52.1 Å². The fourth-order valence-electron chi connectivity index (χ4n) is 1.87. The molecule has 1 N–H and O–H groups in total. The molecule has 1 aromatic rings. The van der Waals surface area contributed by atoms with Crippen LogP contribution in [0.5, 0.6) is 0 Å². The van der Waals surface area contributed by atoms with Gasteiger partial charge < -0.3 is 5.32 Å². The summed E-state index contributed by atoms with van der Waals surface area (Å²) in [5.74, 6) is 0.0422. The van der Waals surface area contributed by atoms with Crippen molar-refractivity contribution < 1.29 is 9.72 Å². The van der Waals surface area contributed by atoms with Crippen LogP contribution < -0.4 is 5.32 Å². The average Bonchev–Trinajstić information content (AvgIpc) is 2.32. The molecule has 1 amide bonds. The number of nitro groups is 1. The largest absolute Gasteiger partial charge is 0.345 e. The Bertz CT molecular complexity index is 479. The van der Waals surface area contributed by atoms with E-state index in [1.54, 1.807) is 12.1 Å². The van der Waals surface area contributed by atoms with Crippen molar-refractivity contribution in [1.82, 2.24) is 5.32 Å². The van der Waals surface area contributed by atoms with Crippen LogP contribution >= 0.6 is 0 Å². The molecule has 0 unspecified atom stereocenters. The van der Waals surface area contributed by atoms with Crippen molar-refractivity contribution in [3.8, 4) is 0 Å². The fraction of sp³-hybridized carbons (Fsp3) is 0.250. The number of amides is 1. The third-order valence-corrected chi connectivity index (χ3v) is 2.84. The van der Waals surface area contributed by atoms with E-state index in [0.29, 0.717) is 0 Å². The highest BCUT2D eigenvalue weighted by molar-refractivity contribution is 5.88. The van der Waals surface area contributed by atoms with Gasteiger partial charge in [-0.3, -0.25) is 14.9 Å². The lowest BCUT2D eigenvalue weighted by molar-refractivity contribution is -0.384. The summed E-state index contributed by atoms with van der Waals surface area (Å²) in [5, 5.41) is 13.4. The zero-order chi connectivity index (χ0) is 12.4. The minimum absolute atomic E-state index is 0.0547. The second kappa shape index (κ2) is 4.37. The number of nitro benzene ring substituents is 1. The van der Waals surface area contributed by atoms with E-state index >= 15 is 0 Å². The molecular weight excluding hydrogens is 220 g/mol. The third kappa shape index (κ3) is 2.33. The second-order valence-corrected chi connectivity index (χ2v) is 4.05. The van der Waals surface area contributed by atoms with E-state index in [1.807, 2.05) is 13.0 Å². The Morgan fingerprint density at radius 2 is 1.94 bits per heavy atom. The number of nitrogens with zero attached hydrogens (tertiary/aromatic N) is 1. The number of carbonyl (C=O) groups is 1. The lowest BCUT2D eigenvalue weighted by atomic mass is 9.92. The van der Waals surface area contributed by atoms with E-state index in [4.69, 9.17) is 0 Å². The summed E-state index contributed by atoms with van der Waals surface area (Å²) in [5.41, 5.74) is 0.930. The Morgan fingerprint density at radius 1 is 1.29 bits per heavy atom. The molecule has 5 nitrogen and oxygen atoms in total. The van der Waals surface area contributed by atoms with Gasteiger partial charge in [-0.2, -0.15) is 0 Å². The van der Waals surface area contributed by atoms with Gasteiger partial charge in [-0.15, -0.1) is 0 Å². The van der Waals surface area contributed by atoms with Crippen molar-refractivity contribution in [2.24, 2.45) is 5.92 Å². The van der Waals surface area contributed by atoms with E-state index in [-0.39, 0.29) is 23.6 Å². The van der Waals surface area contributed by atoms with Gasteiger partial charge in [0.05, 0.1) is 11.0 Å². The van der Waals surface area contributed by atoms with Gasteiger partial charge in [0.15, 0.2) is 0 Å². The van der Waals surface area contributed by atoms with Crippen LogP contribution in [0.4, 0.5) is 5.69 Å². The van der Waals surface area contributed by atoms with Crippen molar-refractivity contribution >= 4 is 11.6 Å². The minimum atomic E-state index is -0.438. The molecule has 0 spiro atoms. The maximum atomic E-state index is 11.3. The first-order chi connectivity index (χ1) is 8.08. The Labute approximate surface area is 98.3 Å². The fourth-order valence-corrected chi connectivity index (χ4v) is 1.87. The van der Waals surface area contributed by atoms with Crippen LogP contribution in [0.2, 0.25) is 0 Å². The highest BCUT2D eigenvalue weighted by Gasteiger charge is 2.22. The molecule has 0 radical (unpaired) electrons. The summed E-state index contributed by atoms with van der Waals surface area (Å²) in [6, 6.07) is 6.14. The SMILES string of the molecule is C[C@H]1C=CC(=O)N[C@@H]1c1ccc([N+](=O)[O-])cc1. The molecule has 1 aliphatic heterocycles. The van der Waals surface area contributed by atoms with Crippen LogP contribution in [0.25, 0.3) is 0 Å². The number of nitrogens with one attached hydrogen (secondary N) is 1. The molecule has 0 bridgehead atoms. The molecule has 1 heterocycles. The number of hydrogen-bond acceptors (Lipinski definition) is 3. The topological polar surface area (TPSA) is 72.2 Å². The van der Waals surface area contributed by atoms with E-state index in [9.17, 15) is 14.9 Å². The maximum Gasteiger partial charge on any atom is 0.269 e. The summed E-state index contributed by atoms with van der Waals surface area (Å²) < 4.78 is 0. The molecule has 2 atom stereocenters. The second-order valence-electron chi connectivity index (χ2n) is 4.05. The van der Waals surface area contributed by atoms with Gasteiger partial charge in [0, 0.05) is 12.1 Å². The zero-order valence-electron chi connectivity index (χ0n) is 9.29. The zero-order valence-corrected chi connectivity index (χ0v) is 9.29. The normalized spacial score (nSPS) is 23.2. The highest BCUT2D eigenvalue weighted by atomic mass is 16.6. The van der Waals surface area contributed by atoms with Crippen LogP contribution in [-0.2, 0) is 4.79 Å². The van der Waals surface area contributed by atoms with Gasteiger partial charge in [0.1, 0.15) is 0 Å². The first-order valence-electron chi connectivity index (χ1n) is 5.31. The van der Waals surface area contributed by atoms with Crippen molar-refractivity contribution in [3.63, 3.8) is 0 Å². The molecule has 5 heteroatoms. The van der Waals surface area contributed by atoms with E-state index in [1.165, 1.54) is 18.2 Å². The Balaban J connectivity index is 2.25. The molecule has 88 valence electrons. The Hall–Kier alpha value is -2.17. The molecule has 2 rings (SSSR count). The van der Waals surface area contributed by atoms with E-state index in [0.717, 1.165) is 5.56 Å². The standard InChI is InChI=1S/C12H12N2O3/c1-8-2-7-11(15)13-12(8)9-3-5-10(6-4-9)14(16)17/h2-8,12H,1H3,(H,13,15)/t8-,12-/m0/s1. The Kier molecular flexibility index (Phi) is 2.91. The van der Waals surface area contributed by atoms with Crippen LogP contribution in [-0.4, -0.2) is 10.8 Å². The summed E-state index contributed by atoms with van der Waals surface area (Å²) >= 11 is 0. The molecule has 1 aliphatic rings. The molecule has 0 aliphatic carbocycles. The monoisotopic (exact) mass is 232 g/mol. The summed E-state index contributed by atoms with van der Waals surface area (Å²) in [7, 11) is 0. The molecule has 0 saturated carbocycles. The van der Waals surface area contributed by atoms with Gasteiger partial charge in [-0.05, 0) is 17.6 Å². The number of non-ortho nitro benzene ring substituents is 1. The predicted molar refractivity (Wildman–Crippen MR) is 62.3 cm³/mol. The van der Waals surface area contributed by atoms with Gasteiger partial charge in [-0.25, -0.2) is 0 Å². The van der Waals surface area contributed by atoms with Gasteiger partial charge in [0.2, 0.25) is 5.91 Å². The highest BCUT2D eigenvalue weighted by Crippen LogP contribution is 2.26. The number of rotatable bonds is 2. The molecule has 0 saturated heterocycles. The maximum absolute atomic E-state index is 11.3. The average molecular weight is 232 g/mol. The number of carbonyl (C=O) groups excluding carboxylic acids is 1. The quantitative estimate of drug-likeness (QED) is 0.625. The smallest absolute Gasteiger partial charge is 0.269 e. The molecule has 1 aromatic carbocycles. The molecule has 0 fully saturated rings. The predicted octanol–water partition coefficient (Wildman–Crippen LogP) is 1.96. The van der Waals surface area contributed by atoms with Gasteiger partial charge in [-0.1, -0.05) is 25.1 Å². The molecule has 17 heavy (non-hydrogen) atoms. The first kappa shape index (κ1) is 11.3. The van der Waals surface area contributed by atoms with Crippen LogP contribution in [0, 0.1) is 16.0 Å². The van der Waals surface area contributed by atoms with Gasteiger partial charge in [0.25, 0.3) is 5.69 Å². The lowest BCUT2D eigenvalue weighted by Gasteiger charge is -2.26. The lowest BCUT2D eigenvalue weighted by Crippen LogP contribution is -2.34. The third-order valence-electron chi connectivity index (χ3n) is 2.84. The molecular formula is C12H12N2O3. The summed E-state index contributed by atoms with van der Waals surface area (Å²) in [4.78, 5) is 21.4.